The summed E-state index contributed by atoms with van der Waals surface area (Å²) in [5.74, 6) is -1.51. The molecule has 0 spiro atoms. The summed E-state index contributed by atoms with van der Waals surface area (Å²) in [6.45, 7) is 14.3. The largest absolute Gasteiger partial charge is 0.379 e. The maximum absolute atomic E-state index is 14.4. The summed E-state index contributed by atoms with van der Waals surface area (Å²) < 4.78 is 12.1. The minimum absolute atomic E-state index is 0.0185. The molecule has 1 aliphatic heterocycles. The smallest absolute Gasteiger partial charge is 0.245 e. The van der Waals surface area contributed by atoms with Crippen molar-refractivity contribution < 1.29 is 28.7 Å². The molecule has 12 nitrogen and oxygen atoms in total. The molecule has 318 valence electrons. The minimum Gasteiger partial charge on any atom is -0.379 e. The second-order valence-corrected chi connectivity index (χ2v) is 16.8. The molecule has 1 heterocycles. The Balaban J connectivity index is 1.82. The first-order valence-corrected chi connectivity index (χ1v) is 20.7. The third-order valence-corrected chi connectivity index (χ3v) is 11.9. The van der Waals surface area contributed by atoms with Gasteiger partial charge in [-0.25, -0.2) is 0 Å². The van der Waals surface area contributed by atoms with Gasteiger partial charge in [-0.3, -0.25) is 24.1 Å². The highest BCUT2D eigenvalue weighted by atomic mass is 16.5. The number of amides is 4. The van der Waals surface area contributed by atoms with Gasteiger partial charge in [-0.15, -0.1) is 0 Å². The number of ether oxygens (including phenoxy) is 2. The van der Waals surface area contributed by atoms with Crippen molar-refractivity contribution >= 4 is 23.6 Å². The molecule has 0 aliphatic carbocycles. The number of likely N-dealkylation sites (tertiary alicyclic amines) is 1. The van der Waals surface area contributed by atoms with Crippen molar-refractivity contribution in [3.63, 3.8) is 0 Å². The number of nitrogens with one attached hydrogen (secondary N) is 2. The van der Waals surface area contributed by atoms with Gasteiger partial charge in [0.25, 0.3) is 0 Å². The van der Waals surface area contributed by atoms with E-state index in [1.165, 1.54) is 0 Å². The summed E-state index contributed by atoms with van der Waals surface area (Å²) >= 11 is 0. The molecule has 4 amide bonds. The van der Waals surface area contributed by atoms with Gasteiger partial charge in [-0.05, 0) is 55.8 Å². The van der Waals surface area contributed by atoms with Gasteiger partial charge in [0.1, 0.15) is 6.04 Å². The fraction of sp³-hybridized carbons (Fsp3) is 0.644. The van der Waals surface area contributed by atoms with Crippen LogP contribution in [-0.4, -0.2) is 117 Å². The van der Waals surface area contributed by atoms with E-state index in [1.54, 1.807) is 26.2 Å². The van der Waals surface area contributed by atoms with Crippen molar-refractivity contribution in [2.24, 2.45) is 29.4 Å². The summed E-state index contributed by atoms with van der Waals surface area (Å²) in [6.07, 6.45) is 1.02. The van der Waals surface area contributed by atoms with Gasteiger partial charge < -0.3 is 35.6 Å². The molecule has 0 aromatic heterocycles. The number of hydrogen-bond acceptors (Lipinski definition) is 8. The summed E-state index contributed by atoms with van der Waals surface area (Å²) in [7, 11) is 8.63. The Morgan fingerprint density at radius 3 is 1.89 bits per heavy atom. The standard InChI is InChI=1S/C45H72N6O6/c1-13-30(6)41(50(10)45(55)38(28(2)3)47-44(54)40(29(4)5)49(8)9)35(56-11)27-36(52)51-26-20-25-34(51)42(57-12)31(7)43(53)48-39(33-23-18-15-19-24-33)37(46)32-21-16-14-17-22-32/h14-19,21-24,28-31,34-35,37-42H,13,20,25-27,46H2,1-12H3,(H,47,54)(H,48,53)/t30?,31?,34?,35?,37?,38-,39-,40?,41?,42?/m0/s1. The van der Waals surface area contributed by atoms with Crippen LogP contribution in [0.25, 0.3) is 0 Å². The van der Waals surface area contributed by atoms with Crippen LogP contribution >= 0.6 is 0 Å². The molecule has 8 unspecified atom stereocenters. The molecule has 0 bridgehead atoms. The highest BCUT2D eigenvalue weighted by Gasteiger charge is 2.43. The van der Waals surface area contributed by atoms with Crippen molar-refractivity contribution in [1.29, 1.82) is 0 Å². The van der Waals surface area contributed by atoms with Crippen LogP contribution in [-0.2, 0) is 28.7 Å². The normalized spacial score (nSPS) is 19.3. The van der Waals surface area contributed by atoms with Gasteiger partial charge in [0, 0.05) is 27.8 Å². The number of hydrogen-bond donors (Lipinski definition) is 3. The number of likely N-dealkylation sites (N-methyl/N-ethyl adjacent to an activating group) is 2. The van der Waals surface area contributed by atoms with Gasteiger partial charge in [0.15, 0.2) is 0 Å². The average Bonchev–Trinajstić information content (AvgIpc) is 3.68. The fourth-order valence-electron chi connectivity index (χ4n) is 8.60. The molecular weight excluding hydrogens is 721 g/mol. The summed E-state index contributed by atoms with van der Waals surface area (Å²) in [6, 6.07) is 16.5. The van der Waals surface area contributed by atoms with Gasteiger partial charge in [0.2, 0.25) is 23.6 Å². The van der Waals surface area contributed by atoms with Crippen LogP contribution < -0.4 is 16.4 Å². The van der Waals surface area contributed by atoms with Crippen LogP contribution in [0, 0.1) is 23.7 Å². The lowest BCUT2D eigenvalue weighted by atomic mass is 9.89. The molecule has 2 aromatic rings. The van der Waals surface area contributed by atoms with Gasteiger partial charge >= 0.3 is 0 Å². The Morgan fingerprint density at radius 2 is 1.40 bits per heavy atom. The number of methoxy groups -OCH3 is 2. The molecular formula is C45H72N6O6. The Bertz CT molecular complexity index is 1550. The maximum atomic E-state index is 14.4. The van der Waals surface area contributed by atoms with Crippen LogP contribution in [0.4, 0.5) is 0 Å². The van der Waals surface area contributed by atoms with E-state index in [-0.39, 0.29) is 53.8 Å². The molecule has 12 heteroatoms. The zero-order valence-electron chi connectivity index (χ0n) is 36.6. The highest BCUT2D eigenvalue weighted by Crippen LogP contribution is 2.32. The van der Waals surface area contributed by atoms with Crippen LogP contribution in [0.1, 0.15) is 97.4 Å². The van der Waals surface area contributed by atoms with Crippen molar-refractivity contribution in [3.05, 3.63) is 71.8 Å². The number of rotatable bonds is 21. The first-order chi connectivity index (χ1) is 27.0. The third-order valence-electron chi connectivity index (χ3n) is 11.9. The van der Waals surface area contributed by atoms with E-state index >= 15 is 0 Å². The van der Waals surface area contributed by atoms with Crippen LogP contribution in [0.3, 0.4) is 0 Å². The Labute approximate surface area is 342 Å². The van der Waals surface area contributed by atoms with Gasteiger partial charge in [0.05, 0.1) is 54.8 Å². The van der Waals surface area contributed by atoms with Gasteiger partial charge in [-0.2, -0.15) is 0 Å². The lowest BCUT2D eigenvalue weighted by Gasteiger charge is -2.41. The second-order valence-electron chi connectivity index (χ2n) is 16.8. The van der Waals surface area contributed by atoms with E-state index in [1.807, 2.05) is 119 Å². The lowest BCUT2D eigenvalue weighted by molar-refractivity contribution is -0.148. The SMILES string of the molecule is CCC(C)C(C(CC(=O)N1CCCC1C(OC)C(C)C(=O)N[C@@H](c1ccccc1)C(N)c1ccccc1)OC)N(C)C(=O)[C@@H](NC(=O)C(C(C)C)N(C)C)C(C)C. The van der Waals surface area contributed by atoms with Crippen molar-refractivity contribution in [3.8, 4) is 0 Å². The molecule has 3 rings (SSSR count). The van der Waals surface area contributed by atoms with E-state index in [0.717, 1.165) is 24.0 Å². The second kappa shape index (κ2) is 22.3. The number of carbonyl (C=O) groups is 4. The van der Waals surface area contributed by atoms with Crippen LogP contribution in [0.15, 0.2) is 60.7 Å². The van der Waals surface area contributed by atoms with Crippen molar-refractivity contribution in [2.45, 2.75) is 123 Å². The zero-order chi connectivity index (χ0) is 42.6. The first-order valence-electron chi connectivity index (χ1n) is 20.7. The molecule has 0 saturated carbocycles. The van der Waals surface area contributed by atoms with Crippen LogP contribution in [0.2, 0.25) is 0 Å². The van der Waals surface area contributed by atoms with E-state index in [9.17, 15) is 19.2 Å². The monoisotopic (exact) mass is 793 g/mol. The summed E-state index contributed by atoms with van der Waals surface area (Å²) in [5, 5.41) is 6.28. The first kappa shape index (κ1) is 47.5. The van der Waals surface area contributed by atoms with Crippen LogP contribution in [0.5, 0.6) is 0 Å². The molecule has 2 aromatic carbocycles. The molecule has 57 heavy (non-hydrogen) atoms. The lowest BCUT2D eigenvalue weighted by Crippen LogP contribution is -2.59. The third kappa shape index (κ3) is 12.1. The Morgan fingerprint density at radius 1 is 0.825 bits per heavy atom. The van der Waals surface area contributed by atoms with E-state index in [2.05, 4.69) is 24.5 Å². The summed E-state index contributed by atoms with van der Waals surface area (Å²) in [4.78, 5) is 61.6. The van der Waals surface area contributed by atoms with E-state index < -0.39 is 48.3 Å². The quantitative estimate of drug-likeness (QED) is 0.157. The minimum atomic E-state index is -0.759. The number of nitrogens with two attached hydrogens (primary N) is 1. The summed E-state index contributed by atoms with van der Waals surface area (Å²) in [5.41, 5.74) is 8.59. The molecule has 4 N–H and O–H groups in total. The predicted octanol–water partition coefficient (Wildman–Crippen LogP) is 5.19. The Kier molecular flexibility index (Phi) is 18.6. The Hall–Kier alpha value is -3.84. The number of nitrogens with zero attached hydrogens (tertiary/aromatic N) is 3. The maximum Gasteiger partial charge on any atom is 0.245 e. The van der Waals surface area contributed by atoms with Crippen molar-refractivity contribution in [2.75, 3.05) is 41.9 Å². The average molecular weight is 793 g/mol. The predicted molar refractivity (Wildman–Crippen MR) is 226 cm³/mol. The molecule has 0 radical (unpaired) electrons. The zero-order valence-corrected chi connectivity index (χ0v) is 36.6. The molecule has 1 saturated heterocycles. The van der Waals surface area contributed by atoms with E-state index in [4.69, 9.17) is 15.2 Å². The molecule has 1 aliphatic rings. The van der Waals surface area contributed by atoms with Gasteiger partial charge in [-0.1, -0.05) is 116 Å². The molecule has 10 atom stereocenters. The number of benzene rings is 2. The molecule has 1 fully saturated rings. The topological polar surface area (TPSA) is 147 Å². The van der Waals surface area contributed by atoms with E-state index in [0.29, 0.717) is 13.0 Å². The van der Waals surface area contributed by atoms with Crippen molar-refractivity contribution in [1.82, 2.24) is 25.3 Å². The number of carbonyl (C=O) groups excluding carboxylic acids is 4. The highest BCUT2D eigenvalue weighted by molar-refractivity contribution is 5.90. The fourth-order valence-corrected chi connectivity index (χ4v) is 8.60.